The van der Waals surface area contributed by atoms with Crippen LogP contribution in [-0.2, 0) is 19.1 Å². The van der Waals surface area contributed by atoms with Crippen molar-refractivity contribution in [1.82, 2.24) is 4.90 Å². The number of aliphatic hydroxyl groups is 1. The third kappa shape index (κ3) is 3.30. The SMILES string of the molecule is C=CCN(C(=O)C1N([C@H](C)CO)C(=O)[C@@H]2[C@@H](C(=O)O)[C@@]3(CC)CCC12O3)c1ccc(Cl)cc1. The molecule has 1 aromatic rings. The van der Waals surface area contributed by atoms with Gasteiger partial charge in [-0.1, -0.05) is 24.6 Å². The van der Waals surface area contributed by atoms with Crippen molar-refractivity contribution in [1.29, 1.82) is 0 Å². The molecule has 8 nitrogen and oxygen atoms in total. The van der Waals surface area contributed by atoms with E-state index in [-0.39, 0.29) is 13.2 Å². The normalized spacial score (nSPS) is 33.2. The first-order valence-electron chi connectivity index (χ1n) is 11.2. The van der Waals surface area contributed by atoms with E-state index >= 15 is 0 Å². The number of aliphatic hydroxyl groups excluding tert-OH is 1. The molecule has 3 heterocycles. The lowest BCUT2D eigenvalue weighted by Crippen LogP contribution is -2.58. The summed E-state index contributed by atoms with van der Waals surface area (Å²) in [7, 11) is 0. The lowest BCUT2D eigenvalue weighted by Gasteiger charge is -2.38. The Hall–Kier alpha value is -2.42. The first kappa shape index (κ1) is 23.7. The largest absolute Gasteiger partial charge is 0.481 e. The number of nitrogens with zero attached hydrogens (tertiary/aromatic N) is 2. The number of ether oxygens (including phenoxy) is 1. The summed E-state index contributed by atoms with van der Waals surface area (Å²) in [6, 6.07) is 4.99. The number of hydrogen-bond acceptors (Lipinski definition) is 5. The van der Waals surface area contributed by atoms with Gasteiger partial charge in [-0.05, 0) is 50.5 Å². The van der Waals surface area contributed by atoms with Crippen LogP contribution in [-0.4, -0.2) is 69.3 Å². The molecule has 3 fully saturated rings. The maximum absolute atomic E-state index is 14.1. The van der Waals surface area contributed by atoms with Gasteiger partial charge in [-0.25, -0.2) is 0 Å². The van der Waals surface area contributed by atoms with Crippen molar-refractivity contribution in [2.45, 2.75) is 56.4 Å². The molecular formula is C24H29ClN2O6. The Morgan fingerprint density at radius 2 is 2.03 bits per heavy atom. The second-order valence-corrected chi connectivity index (χ2v) is 9.60. The number of amides is 2. The number of hydrogen-bond donors (Lipinski definition) is 2. The molecule has 1 spiro atoms. The highest BCUT2D eigenvalue weighted by atomic mass is 35.5. The number of aliphatic carboxylic acids is 1. The van der Waals surface area contributed by atoms with Crippen LogP contribution in [0.1, 0.15) is 33.1 Å². The fourth-order valence-corrected chi connectivity index (χ4v) is 6.22. The van der Waals surface area contributed by atoms with Crippen LogP contribution in [0.25, 0.3) is 0 Å². The molecule has 33 heavy (non-hydrogen) atoms. The van der Waals surface area contributed by atoms with Crippen LogP contribution in [0.15, 0.2) is 36.9 Å². The van der Waals surface area contributed by atoms with Crippen LogP contribution in [0, 0.1) is 11.8 Å². The van der Waals surface area contributed by atoms with E-state index in [1.165, 1.54) is 9.80 Å². The van der Waals surface area contributed by atoms with Crippen molar-refractivity contribution in [3.8, 4) is 0 Å². The summed E-state index contributed by atoms with van der Waals surface area (Å²) in [5, 5.41) is 20.5. The maximum atomic E-state index is 14.1. The topological polar surface area (TPSA) is 107 Å². The number of anilines is 1. The van der Waals surface area contributed by atoms with E-state index in [9.17, 15) is 24.6 Å². The highest BCUT2D eigenvalue weighted by Gasteiger charge is 2.79. The van der Waals surface area contributed by atoms with Gasteiger partial charge in [0.15, 0.2) is 0 Å². The van der Waals surface area contributed by atoms with Crippen molar-refractivity contribution in [2.75, 3.05) is 18.1 Å². The number of carbonyl (C=O) groups excluding carboxylic acids is 2. The van der Waals surface area contributed by atoms with Crippen molar-refractivity contribution in [2.24, 2.45) is 11.8 Å². The molecule has 0 radical (unpaired) electrons. The molecule has 4 rings (SSSR count). The van der Waals surface area contributed by atoms with Gasteiger partial charge in [0.25, 0.3) is 5.91 Å². The van der Waals surface area contributed by atoms with Crippen molar-refractivity contribution < 1.29 is 29.3 Å². The number of benzene rings is 1. The van der Waals surface area contributed by atoms with E-state index in [0.29, 0.717) is 30.0 Å². The van der Waals surface area contributed by atoms with Gasteiger partial charge < -0.3 is 24.7 Å². The summed E-state index contributed by atoms with van der Waals surface area (Å²) in [6.07, 6.45) is 2.87. The van der Waals surface area contributed by atoms with E-state index in [4.69, 9.17) is 16.3 Å². The molecule has 178 valence electrons. The van der Waals surface area contributed by atoms with E-state index in [1.54, 1.807) is 37.3 Å². The van der Waals surface area contributed by atoms with Crippen LogP contribution in [0.2, 0.25) is 5.02 Å². The Balaban J connectivity index is 1.84. The summed E-state index contributed by atoms with van der Waals surface area (Å²) in [4.78, 5) is 43.0. The predicted molar refractivity (Wildman–Crippen MR) is 122 cm³/mol. The van der Waals surface area contributed by atoms with Gasteiger partial charge in [-0.15, -0.1) is 6.58 Å². The van der Waals surface area contributed by atoms with Crippen LogP contribution < -0.4 is 4.90 Å². The van der Waals surface area contributed by atoms with Crippen molar-refractivity contribution in [3.63, 3.8) is 0 Å². The molecule has 3 saturated heterocycles. The number of carboxylic acid groups (broad SMARTS) is 1. The Kier molecular flexibility index (Phi) is 6.05. The fraction of sp³-hybridized carbons (Fsp3) is 0.542. The zero-order valence-electron chi connectivity index (χ0n) is 18.7. The Morgan fingerprint density at radius 3 is 2.58 bits per heavy atom. The molecule has 0 aliphatic carbocycles. The molecule has 2 unspecified atom stereocenters. The quantitative estimate of drug-likeness (QED) is 0.558. The Morgan fingerprint density at radius 1 is 1.36 bits per heavy atom. The van der Waals surface area contributed by atoms with Gasteiger partial charge in [0.1, 0.15) is 17.6 Å². The summed E-state index contributed by atoms with van der Waals surface area (Å²) in [5.74, 6) is -3.97. The standard InChI is InChI=1S/C24H29ClN2O6/c1-4-12-26(16-8-6-15(25)7-9-16)21(30)19-24-11-10-23(5-2,33-24)18(22(31)32)17(24)20(29)27(19)14(3)13-28/h4,6-9,14,17-19,28H,1,5,10-13H2,2-3H3,(H,31,32)/t14-,17+,18+,19?,23-,24?/m1/s1. The van der Waals surface area contributed by atoms with Crippen LogP contribution in [0.5, 0.6) is 0 Å². The van der Waals surface area contributed by atoms with Gasteiger partial charge in [-0.3, -0.25) is 14.4 Å². The first-order chi connectivity index (χ1) is 15.7. The fourth-order valence-electron chi connectivity index (χ4n) is 6.09. The van der Waals surface area contributed by atoms with Gasteiger partial charge in [0, 0.05) is 17.3 Å². The molecule has 0 saturated carbocycles. The van der Waals surface area contributed by atoms with E-state index in [1.807, 2.05) is 6.92 Å². The summed E-state index contributed by atoms with van der Waals surface area (Å²) in [6.45, 7) is 7.07. The predicted octanol–water partition coefficient (Wildman–Crippen LogP) is 2.48. The molecule has 2 amide bonds. The van der Waals surface area contributed by atoms with Gasteiger partial charge >= 0.3 is 5.97 Å². The van der Waals surface area contributed by atoms with Gasteiger partial charge in [-0.2, -0.15) is 0 Å². The van der Waals surface area contributed by atoms with E-state index in [0.717, 1.165) is 0 Å². The van der Waals surface area contributed by atoms with E-state index in [2.05, 4.69) is 6.58 Å². The first-order valence-corrected chi connectivity index (χ1v) is 11.6. The molecule has 2 bridgehead atoms. The third-order valence-corrected chi connectivity index (χ3v) is 7.83. The molecule has 2 N–H and O–H groups in total. The number of carbonyl (C=O) groups is 3. The zero-order valence-corrected chi connectivity index (χ0v) is 19.5. The molecule has 3 aliphatic heterocycles. The average molecular weight is 477 g/mol. The van der Waals surface area contributed by atoms with Crippen LogP contribution in [0.4, 0.5) is 5.69 Å². The number of rotatable bonds is 8. The second-order valence-electron chi connectivity index (χ2n) is 9.16. The monoisotopic (exact) mass is 476 g/mol. The summed E-state index contributed by atoms with van der Waals surface area (Å²) >= 11 is 6.02. The van der Waals surface area contributed by atoms with Crippen molar-refractivity contribution >= 4 is 35.1 Å². The number of halogens is 1. The Bertz CT molecular complexity index is 984. The molecule has 3 aliphatic rings. The molecule has 9 heteroatoms. The molecule has 0 aromatic heterocycles. The van der Waals surface area contributed by atoms with Gasteiger partial charge in [0.05, 0.1) is 24.2 Å². The third-order valence-electron chi connectivity index (χ3n) is 7.57. The minimum Gasteiger partial charge on any atom is -0.481 e. The molecule has 6 atom stereocenters. The molecular weight excluding hydrogens is 448 g/mol. The average Bonchev–Trinajstić information content (AvgIpc) is 3.41. The highest BCUT2D eigenvalue weighted by molar-refractivity contribution is 6.30. The summed E-state index contributed by atoms with van der Waals surface area (Å²) < 4.78 is 6.49. The van der Waals surface area contributed by atoms with Crippen LogP contribution in [0.3, 0.4) is 0 Å². The lowest BCUT2D eigenvalue weighted by molar-refractivity contribution is -0.157. The molecule has 1 aromatic carbocycles. The second kappa shape index (κ2) is 8.42. The Labute approximate surface area is 197 Å². The number of carboxylic acids is 1. The minimum absolute atomic E-state index is 0.175. The lowest BCUT2D eigenvalue weighted by atomic mass is 9.65. The van der Waals surface area contributed by atoms with Gasteiger partial charge in [0.2, 0.25) is 5.91 Å². The van der Waals surface area contributed by atoms with Crippen LogP contribution >= 0.6 is 11.6 Å². The smallest absolute Gasteiger partial charge is 0.310 e. The zero-order chi connectivity index (χ0) is 24.1. The highest BCUT2D eigenvalue weighted by Crippen LogP contribution is 2.64. The summed E-state index contributed by atoms with van der Waals surface area (Å²) in [5.41, 5.74) is -1.67. The van der Waals surface area contributed by atoms with Crippen molar-refractivity contribution in [3.05, 3.63) is 41.9 Å². The van der Waals surface area contributed by atoms with E-state index < -0.39 is 52.9 Å². The number of likely N-dealkylation sites (tertiary alicyclic amines) is 1. The number of fused-ring (bicyclic) bond motifs is 1. The maximum Gasteiger partial charge on any atom is 0.310 e. The minimum atomic E-state index is -1.26.